The van der Waals surface area contributed by atoms with Crippen LogP contribution in [0.15, 0.2) is 64.4 Å². The van der Waals surface area contributed by atoms with Gasteiger partial charge in [-0.2, -0.15) is 8.78 Å². The van der Waals surface area contributed by atoms with Crippen molar-refractivity contribution in [3.05, 3.63) is 66.1 Å². The first-order chi connectivity index (χ1) is 13.1. The van der Waals surface area contributed by atoms with Crippen LogP contribution in [0.25, 0.3) is 11.5 Å². The molecule has 0 aliphatic carbocycles. The molecule has 1 aromatic heterocycles. The molecule has 0 unspecified atom stereocenters. The van der Waals surface area contributed by atoms with Crippen LogP contribution in [-0.4, -0.2) is 24.9 Å². The molecule has 0 bridgehead atoms. The first-order valence-corrected chi connectivity index (χ1v) is 7.93. The molecular formula is C19H16F2N2O4. The summed E-state index contributed by atoms with van der Waals surface area (Å²) in [6, 6.07) is 13.3. The number of halogens is 2. The molecule has 27 heavy (non-hydrogen) atoms. The third-order valence-electron chi connectivity index (χ3n) is 3.48. The van der Waals surface area contributed by atoms with E-state index in [1.807, 2.05) is 24.3 Å². The normalized spacial score (nSPS) is 11.1. The summed E-state index contributed by atoms with van der Waals surface area (Å²) in [6.45, 7) is -2.72. The van der Waals surface area contributed by atoms with Crippen LogP contribution in [0.1, 0.15) is 11.3 Å². The van der Waals surface area contributed by atoms with Gasteiger partial charge in [-0.05, 0) is 54.1 Å². The Morgan fingerprint density at radius 3 is 2.44 bits per heavy atom. The summed E-state index contributed by atoms with van der Waals surface area (Å²) in [5, 5.41) is 3.82. The number of methoxy groups -OCH3 is 1. The Hall–Kier alpha value is -3.42. The summed E-state index contributed by atoms with van der Waals surface area (Å²) in [6.07, 6.45) is 2.95. The third kappa shape index (κ3) is 5.27. The highest BCUT2D eigenvalue weighted by atomic mass is 19.3. The molecule has 6 nitrogen and oxygen atoms in total. The first kappa shape index (κ1) is 18.4. The molecule has 3 aromatic rings. The summed E-state index contributed by atoms with van der Waals surface area (Å²) < 4.78 is 39.0. The smallest absolute Gasteiger partial charge is 0.387 e. The second kappa shape index (κ2) is 8.79. The van der Waals surface area contributed by atoms with E-state index in [4.69, 9.17) is 14.0 Å². The molecule has 3 rings (SSSR count). The van der Waals surface area contributed by atoms with E-state index in [2.05, 4.69) is 14.9 Å². The van der Waals surface area contributed by atoms with Crippen molar-refractivity contribution in [2.45, 2.75) is 13.2 Å². The van der Waals surface area contributed by atoms with Crippen molar-refractivity contribution in [3.63, 3.8) is 0 Å². The summed E-state index contributed by atoms with van der Waals surface area (Å²) in [5.41, 5.74) is 2.07. The molecule has 0 spiro atoms. The Morgan fingerprint density at radius 2 is 1.78 bits per heavy atom. The third-order valence-corrected chi connectivity index (χ3v) is 3.48. The monoisotopic (exact) mass is 374 g/mol. The van der Waals surface area contributed by atoms with Gasteiger partial charge >= 0.3 is 6.61 Å². The van der Waals surface area contributed by atoms with Crippen LogP contribution in [0.3, 0.4) is 0 Å². The van der Waals surface area contributed by atoms with Gasteiger partial charge in [-0.1, -0.05) is 5.16 Å². The highest BCUT2D eigenvalue weighted by Crippen LogP contribution is 2.22. The Labute approximate surface area is 154 Å². The summed E-state index contributed by atoms with van der Waals surface area (Å²) in [7, 11) is 1.60. The Balaban J connectivity index is 1.51. The highest BCUT2D eigenvalue weighted by Gasteiger charge is 2.07. The molecule has 0 aliphatic rings. The van der Waals surface area contributed by atoms with E-state index in [1.165, 1.54) is 24.6 Å². The minimum absolute atomic E-state index is 0.0803. The van der Waals surface area contributed by atoms with E-state index in [-0.39, 0.29) is 12.4 Å². The average Bonchev–Trinajstić information content (AvgIpc) is 3.15. The van der Waals surface area contributed by atoms with E-state index in [0.29, 0.717) is 17.1 Å². The molecule has 0 amide bonds. The van der Waals surface area contributed by atoms with Gasteiger partial charge in [0, 0.05) is 5.56 Å². The van der Waals surface area contributed by atoms with Gasteiger partial charge in [0.15, 0.2) is 6.61 Å². The van der Waals surface area contributed by atoms with E-state index in [0.717, 1.165) is 11.3 Å². The number of hydrogen-bond donors (Lipinski definition) is 0. The van der Waals surface area contributed by atoms with Crippen LogP contribution in [-0.2, 0) is 11.4 Å². The lowest BCUT2D eigenvalue weighted by Crippen LogP contribution is -2.01. The van der Waals surface area contributed by atoms with Crippen molar-refractivity contribution in [3.8, 4) is 23.0 Å². The number of ether oxygens (including phenoxy) is 2. The van der Waals surface area contributed by atoms with Crippen molar-refractivity contribution in [2.75, 3.05) is 7.11 Å². The molecule has 2 aromatic carbocycles. The number of oxazole rings is 1. The SMILES string of the molecule is COc1ccc(-c2nc(CON=Cc3ccc(OC(F)F)cc3)co2)cc1. The van der Waals surface area contributed by atoms with Crippen LogP contribution in [0.2, 0.25) is 0 Å². The van der Waals surface area contributed by atoms with Gasteiger partial charge in [-0.15, -0.1) is 0 Å². The molecule has 0 saturated carbocycles. The lowest BCUT2D eigenvalue weighted by atomic mass is 10.2. The lowest BCUT2D eigenvalue weighted by Gasteiger charge is -2.03. The van der Waals surface area contributed by atoms with Gasteiger partial charge in [-0.25, -0.2) is 4.98 Å². The maximum absolute atomic E-state index is 12.1. The fourth-order valence-electron chi connectivity index (χ4n) is 2.18. The van der Waals surface area contributed by atoms with Gasteiger partial charge < -0.3 is 18.7 Å². The average molecular weight is 374 g/mol. The molecule has 0 radical (unpaired) electrons. The summed E-state index contributed by atoms with van der Waals surface area (Å²) in [4.78, 5) is 9.51. The zero-order chi connectivity index (χ0) is 19.1. The van der Waals surface area contributed by atoms with Crippen molar-refractivity contribution in [2.24, 2.45) is 5.16 Å². The highest BCUT2D eigenvalue weighted by molar-refractivity contribution is 5.79. The quantitative estimate of drug-likeness (QED) is 0.429. The number of alkyl halides is 2. The predicted molar refractivity (Wildman–Crippen MR) is 93.9 cm³/mol. The zero-order valence-electron chi connectivity index (χ0n) is 14.3. The Morgan fingerprint density at radius 1 is 1.07 bits per heavy atom. The Kier molecular flexibility index (Phi) is 5.98. The molecule has 0 N–H and O–H groups in total. The van der Waals surface area contributed by atoms with Crippen LogP contribution in [0.5, 0.6) is 11.5 Å². The number of nitrogens with zero attached hydrogens (tertiary/aromatic N) is 2. The topological polar surface area (TPSA) is 66.1 Å². The van der Waals surface area contributed by atoms with Gasteiger partial charge in [-0.3, -0.25) is 0 Å². The molecular weight excluding hydrogens is 358 g/mol. The largest absolute Gasteiger partial charge is 0.497 e. The van der Waals surface area contributed by atoms with Gasteiger partial charge in [0.25, 0.3) is 0 Å². The van der Waals surface area contributed by atoms with Gasteiger partial charge in [0.05, 0.1) is 13.3 Å². The number of hydrogen-bond acceptors (Lipinski definition) is 6. The molecule has 1 heterocycles. The fraction of sp³-hybridized carbons (Fsp3) is 0.158. The van der Waals surface area contributed by atoms with E-state index >= 15 is 0 Å². The molecule has 0 saturated heterocycles. The predicted octanol–water partition coefficient (Wildman–Crippen LogP) is 4.50. The number of benzene rings is 2. The van der Waals surface area contributed by atoms with E-state index in [9.17, 15) is 8.78 Å². The van der Waals surface area contributed by atoms with Crippen molar-refractivity contribution < 1.29 is 27.5 Å². The van der Waals surface area contributed by atoms with Crippen molar-refractivity contribution in [1.29, 1.82) is 0 Å². The van der Waals surface area contributed by atoms with Crippen LogP contribution >= 0.6 is 0 Å². The van der Waals surface area contributed by atoms with Crippen LogP contribution in [0, 0.1) is 0 Å². The zero-order valence-corrected chi connectivity index (χ0v) is 14.3. The maximum Gasteiger partial charge on any atom is 0.387 e. The molecule has 0 aliphatic heterocycles. The number of oxime groups is 1. The van der Waals surface area contributed by atoms with Gasteiger partial charge in [0.1, 0.15) is 23.5 Å². The lowest BCUT2D eigenvalue weighted by molar-refractivity contribution is -0.0498. The summed E-state index contributed by atoms with van der Waals surface area (Å²) in [5.74, 6) is 1.29. The van der Waals surface area contributed by atoms with Crippen LogP contribution < -0.4 is 9.47 Å². The summed E-state index contributed by atoms with van der Waals surface area (Å²) >= 11 is 0. The minimum atomic E-state index is -2.85. The minimum Gasteiger partial charge on any atom is -0.497 e. The second-order valence-electron chi connectivity index (χ2n) is 5.33. The van der Waals surface area contributed by atoms with E-state index < -0.39 is 6.61 Å². The van der Waals surface area contributed by atoms with Crippen molar-refractivity contribution >= 4 is 6.21 Å². The van der Waals surface area contributed by atoms with Crippen LogP contribution in [0.4, 0.5) is 8.78 Å². The maximum atomic E-state index is 12.1. The fourth-order valence-corrected chi connectivity index (χ4v) is 2.18. The molecule has 0 fully saturated rings. The second-order valence-corrected chi connectivity index (χ2v) is 5.33. The molecule has 0 atom stereocenters. The molecule has 8 heteroatoms. The standard InChI is InChI=1S/C19H16F2N2O4/c1-24-16-8-4-14(5-9-16)18-23-15(11-25-18)12-26-22-10-13-2-6-17(7-3-13)27-19(20)21/h2-11,19H,12H2,1H3. The van der Waals surface area contributed by atoms with Gasteiger partial charge in [0.2, 0.25) is 5.89 Å². The molecule has 140 valence electrons. The number of rotatable bonds is 8. The van der Waals surface area contributed by atoms with Crippen molar-refractivity contribution in [1.82, 2.24) is 4.98 Å². The number of aromatic nitrogens is 1. The van der Waals surface area contributed by atoms with E-state index in [1.54, 1.807) is 19.2 Å². The first-order valence-electron chi connectivity index (χ1n) is 7.93. The Bertz CT molecular complexity index is 877.